The molecular formula is C14H18O6S. The molecule has 0 aromatic heterocycles. The molecule has 2 unspecified atom stereocenters. The van der Waals surface area contributed by atoms with Crippen LogP contribution in [0.1, 0.15) is 28.9 Å². The smallest absolute Gasteiger partial charge is 0.185 e. The number of methoxy groups -OCH3 is 2. The third-order valence-electron chi connectivity index (χ3n) is 2.86. The second-order valence-corrected chi connectivity index (χ2v) is 5.47. The van der Waals surface area contributed by atoms with Crippen LogP contribution in [0.4, 0.5) is 0 Å². The van der Waals surface area contributed by atoms with Crippen molar-refractivity contribution in [3.63, 3.8) is 0 Å². The third kappa shape index (κ3) is 4.45. The summed E-state index contributed by atoms with van der Waals surface area (Å²) < 4.78 is 10.2. The van der Waals surface area contributed by atoms with Crippen molar-refractivity contribution >= 4 is 23.2 Å². The highest BCUT2D eigenvalue weighted by atomic mass is 32.2. The Labute approximate surface area is 127 Å². The van der Waals surface area contributed by atoms with Crippen molar-refractivity contribution in [2.75, 3.05) is 20.0 Å². The monoisotopic (exact) mass is 314 g/mol. The van der Waals surface area contributed by atoms with E-state index in [1.165, 1.54) is 33.3 Å². The fourth-order valence-corrected chi connectivity index (χ4v) is 2.36. The Bertz CT molecular complexity index is 516. The number of rotatable bonds is 7. The number of thioether (sulfide) groups is 1. The Balaban J connectivity index is 3.09. The highest BCUT2D eigenvalue weighted by Crippen LogP contribution is 2.34. The highest BCUT2D eigenvalue weighted by Gasteiger charge is 2.24. The molecule has 0 saturated heterocycles. The zero-order valence-electron chi connectivity index (χ0n) is 12.0. The molecular weight excluding hydrogens is 296 g/mol. The van der Waals surface area contributed by atoms with Crippen molar-refractivity contribution in [3.8, 4) is 11.5 Å². The number of aliphatic hydroxyl groups excluding tert-OH is 2. The normalized spacial score (nSPS) is 13.4. The number of ether oxygens (including phenoxy) is 2. The Morgan fingerprint density at radius 1 is 1.29 bits per heavy atom. The summed E-state index contributed by atoms with van der Waals surface area (Å²) in [6.45, 7) is 1.37. The number of aliphatic hydroxyl groups is 2. The average Bonchev–Trinajstić information content (AvgIpc) is 2.50. The Hall–Kier alpha value is -1.57. The SMILES string of the molecule is COc1cc(C=O)c(C(O)C(O)CSC(C)=O)cc1OC. The van der Waals surface area contributed by atoms with Crippen molar-refractivity contribution in [2.24, 2.45) is 0 Å². The number of hydrogen-bond acceptors (Lipinski definition) is 7. The van der Waals surface area contributed by atoms with Gasteiger partial charge < -0.3 is 19.7 Å². The largest absolute Gasteiger partial charge is 0.493 e. The maximum absolute atomic E-state index is 11.1. The van der Waals surface area contributed by atoms with E-state index in [-0.39, 0.29) is 22.0 Å². The molecule has 0 heterocycles. The third-order valence-corrected chi connectivity index (χ3v) is 3.77. The predicted octanol–water partition coefficient (Wildman–Crippen LogP) is 1.19. The van der Waals surface area contributed by atoms with Gasteiger partial charge in [-0.2, -0.15) is 0 Å². The quantitative estimate of drug-likeness (QED) is 0.730. The molecule has 0 radical (unpaired) electrons. The lowest BCUT2D eigenvalue weighted by atomic mass is 9.99. The van der Waals surface area contributed by atoms with Crippen LogP contribution in [-0.4, -0.2) is 47.7 Å². The van der Waals surface area contributed by atoms with Crippen LogP contribution < -0.4 is 9.47 Å². The minimum Gasteiger partial charge on any atom is -0.493 e. The van der Waals surface area contributed by atoms with E-state index in [9.17, 15) is 19.8 Å². The van der Waals surface area contributed by atoms with Gasteiger partial charge in [0.1, 0.15) is 6.10 Å². The standard InChI is InChI=1S/C14H18O6S/c1-8(16)21-7-11(17)14(18)10-5-13(20-3)12(19-2)4-9(10)6-15/h4-6,11,14,17-18H,7H2,1-3H3. The van der Waals surface area contributed by atoms with Crippen molar-refractivity contribution in [1.82, 2.24) is 0 Å². The summed E-state index contributed by atoms with van der Waals surface area (Å²) in [7, 11) is 2.86. The molecule has 1 rings (SSSR count). The molecule has 0 aliphatic rings. The van der Waals surface area contributed by atoms with E-state index < -0.39 is 12.2 Å². The van der Waals surface area contributed by atoms with Crippen LogP contribution >= 0.6 is 11.8 Å². The van der Waals surface area contributed by atoms with Gasteiger partial charge in [-0.25, -0.2) is 0 Å². The lowest BCUT2D eigenvalue weighted by molar-refractivity contribution is -0.109. The second kappa shape index (κ2) is 8.02. The molecule has 0 spiro atoms. The van der Waals surface area contributed by atoms with E-state index in [0.717, 1.165) is 11.8 Å². The molecule has 21 heavy (non-hydrogen) atoms. The van der Waals surface area contributed by atoms with Gasteiger partial charge in [0.05, 0.1) is 20.3 Å². The van der Waals surface area contributed by atoms with Gasteiger partial charge in [-0.1, -0.05) is 11.8 Å². The molecule has 0 saturated carbocycles. The van der Waals surface area contributed by atoms with E-state index in [0.29, 0.717) is 17.8 Å². The van der Waals surface area contributed by atoms with E-state index in [1.54, 1.807) is 0 Å². The Morgan fingerprint density at radius 3 is 2.33 bits per heavy atom. The maximum atomic E-state index is 11.1. The van der Waals surface area contributed by atoms with Gasteiger partial charge in [0, 0.05) is 18.2 Å². The van der Waals surface area contributed by atoms with E-state index in [4.69, 9.17) is 9.47 Å². The van der Waals surface area contributed by atoms with Crippen LogP contribution in [0.3, 0.4) is 0 Å². The lowest BCUT2D eigenvalue weighted by Crippen LogP contribution is -2.22. The highest BCUT2D eigenvalue weighted by molar-refractivity contribution is 8.13. The molecule has 0 bridgehead atoms. The second-order valence-electron chi connectivity index (χ2n) is 4.27. The molecule has 1 aromatic carbocycles. The van der Waals surface area contributed by atoms with Gasteiger partial charge >= 0.3 is 0 Å². The summed E-state index contributed by atoms with van der Waals surface area (Å²) in [5, 5.41) is 19.9. The molecule has 2 atom stereocenters. The molecule has 6 nitrogen and oxygen atoms in total. The van der Waals surface area contributed by atoms with Crippen LogP contribution in [0.25, 0.3) is 0 Å². The summed E-state index contributed by atoms with van der Waals surface area (Å²) in [6.07, 6.45) is -1.93. The van der Waals surface area contributed by atoms with Gasteiger partial charge in [-0.15, -0.1) is 0 Å². The molecule has 116 valence electrons. The topological polar surface area (TPSA) is 93.1 Å². The van der Waals surface area contributed by atoms with Gasteiger partial charge in [0.25, 0.3) is 0 Å². The molecule has 0 aliphatic carbocycles. The molecule has 0 amide bonds. The van der Waals surface area contributed by atoms with E-state index in [1.807, 2.05) is 0 Å². The maximum Gasteiger partial charge on any atom is 0.185 e. The molecule has 7 heteroatoms. The first-order chi connectivity index (χ1) is 9.94. The molecule has 0 aliphatic heterocycles. The first-order valence-electron chi connectivity index (χ1n) is 6.15. The number of hydrogen-bond donors (Lipinski definition) is 2. The van der Waals surface area contributed by atoms with Crippen LogP contribution in [0.2, 0.25) is 0 Å². The predicted molar refractivity (Wildman–Crippen MR) is 79.0 cm³/mol. The van der Waals surface area contributed by atoms with E-state index in [2.05, 4.69) is 0 Å². The average molecular weight is 314 g/mol. The number of aldehydes is 1. The Kier molecular flexibility index (Phi) is 6.67. The summed E-state index contributed by atoms with van der Waals surface area (Å²) in [5.41, 5.74) is 0.409. The fourth-order valence-electron chi connectivity index (χ4n) is 1.77. The van der Waals surface area contributed by atoms with Crippen LogP contribution in [-0.2, 0) is 4.79 Å². The summed E-state index contributed by atoms with van der Waals surface area (Å²) in [4.78, 5) is 22.0. The molecule has 2 N–H and O–H groups in total. The lowest BCUT2D eigenvalue weighted by Gasteiger charge is -2.20. The van der Waals surface area contributed by atoms with Crippen LogP contribution in [0, 0.1) is 0 Å². The van der Waals surface area contributed by atoms with Crippen molar-refractivity contribution < 1.29 is 29.3 Å². The molecule has 0 fully saturated rings. The zero-order chi connectivity index (χ0) is 16.0. The minimum atomic E-state index is -1.31. The van der Waals surface area contributed by atoms with E-state index >= 15 is 0 Å². The number of carbonyl (C=O) groups excluding carboxylic acids is 2. The summed E-state index contributed by atoms with van der Waals surface area (Å²) in [5.74, 6) is 0.718. The number of benzene rings is 1. The Morgan fingerprint density at radius 2 is 1.86 bits per heavy atom. The number of carbonyl (C=O) groups is 2. The van der Waals surface area contributed by atoms with Crippen molar-refractivity contribution in [1.29, 1.82) is 0 Å². The van der Waals surface area contributed by atoms with Crippen LogP contribution in [0.15, 0.2) is 12.1 Å². The van der Waals surface area contributed by atoms with Gasteiger partial charge in [-0.3, -0.25) is 9.59 Å². The van der Waals surface area contributed by atoms with Crippen molar-refractivity contribution in [2.45, 2.75) is 19.1 Å². The first-order valence-corrected chi connectivity index (χ1v) is 7.13. The summed E-state index contributed by atoms with van der Waals surface area (Å²) in [6, 6.07) is 2.87. The van der Waals surface area contributed by atoms with Crippen LogP contribution in [0.5, 0.6) is 11.5 Å². The fraction of sp³-hybridized carbons (Fsp3) is 0.429. The first kappa shape index (κ1) is 17.5. The van der Waals surface area contributed by atoms with Gasteiger partial charge in [-0.05, 0) is 17.7 Å². The molecule has 1 aromatic rings. The van der Waals surface area contributed by atoms with Gasteiger partial charge in [0.2, 0.25) is 0 Å². The van der Waals surface area contributed by atoms with Crippen molar-refractivity contribution in [3.05, 3.63) is 23.3 Å². The summed E-state index contributed by atoms with van der Waals surface area (Å²) >= 11 is 0.900. The van der Waals surface area contributed by atoms with Gasteiger partial charge in [0.15, 0.2) is 22.9 Å². The zero-order valence-corrected chi connectivity index (χ0v) is 12.8. The minimum absolute atomic E-state index is 0.0309.